The molecule has 4 aromatic carbocycles. The molecule has 2 nitrogen and oxygen atoms in total. The van der Waals surface area contributed by atoms with Gasteiger partial charge in [-0.3, -0.25) is 0 Å². The highest BCUT2D eigenvalue weighted by Crippen LogP contribution is 2.35. The van der Waals surface area contributed by atoms with Crippen molar-refractivity contribution in [2.75, 3.05) is 9.80 Å². The van der Waals surface area contributed by atoms with Crippen molar-refractivity contribution in [1.29, 1.82) is 0 Å². The normalized spacial score (nSPS) is 13.0. The summed E-state index contributed by atoms with van der Waals surface area (Å²) >= 11 is 0. The van der Waals surface area contributed by atoms with E-state index in [2.05, 4.69) is 157 Å². The topological polar surface area (TPSA) is 6.48 Å². The molecule has 0 aliphatic heterocycles. The lowest BCUT2D eigenvalue weighted by atomic mass is 10.1. The van der Waals surface area contributed by atoms with Gasteiger partial charge in [0, 0.05) is 40.6 Å². The fourth-order valence-corrected chi connectivity index (χ4v) is 4.39. The monoisotopic (exact) mass is 454 g/mol. The van der Waals surface area contributed by atoms with E-state index in [1.807, 2.05) is 0 Å². The minimum absolute atomic E-state index is 0.833. The van der Waals surface area contributed by atoms with Crippen molar-refractivity contribution in [3.8, 4) is 0 Å². The van der Waals surface area contributed by atoms with Crippen LogP contribution in [0.25, 0.3) is 0 Å². The first-order valence-corrected chi connectivity index (χ1v) is 12.1. The molecular weight excluding hydrogens is 424 g/mol. The molecule has 5 rings (SSSR count). The molecule has 2 heteroatoms. The second-order valence-electron chi connectivity index (χ2n) is 8.87. The second-order valence-corrected chi connectivity index (χ2v) is 8.87. The van der Waals surface area contributed by atoms with Crippen LogP contribution in [0.5, 0.6) is 0 Å². The predicted molar refractivity (Wildman–Crippen MR) is 149 cm³/mol. The fourth-order valence-electron chi connectivity index (χ4n) is 4.39. The van der Waals surface area contributed by atoms with Crippen LogP contribution < -0.4 is 9.80 Å². The van der Waals surface area contributed by atoms with Gasteiger partial charge < -0.3 is 9.80 Å². The number of benzene rings is 4. The van der Waals surface area contributed by atoms with Gasteiger partial charge >= 0.3 is 0 Å². The summed E-state index contributed by atoms with van der Waals surface area (Å²) in [7, 11) is 0. The molecule has 35 heavy (non-hydrogen) atoms. The van der Waals surface area contributed by atoms with Gasteiger partial charge in [0.2, 0.25) is 0 Å². The molecule has 172 valence electrons. The van der Waals surface area contributed by atoms with Crippen molar-refractivity contribution in [3.63, 3.8) is 0 Å². The van der Waals surface area contributed by atoms with Gasteiger partial charge in [-0.1, -0.05) is 77.9 Å². The first kappa shape index (κ1) is 22.5. The third kappa shape index (κ3) is 5.12. The Morgan fingerprint density at radius 3 is 1.49 bits per heavy atom. The molecule has 0 amide bonds. The molecule has 0 radical (unpaired) electrons. The Kier molecular flexibility index (Phi) is 6.63. The van der Waals surface area contributed by atoms with Crippen LogP contribution in [0, 0.1) is 13.8 Å². The Bertz CT molecular complexity index is 1350. The molecule has 0 unspecified atom stereocenters. The molecule has 1 aliphatic carbocycles. The van der Waals surface area contributed by atoms with Crippen molar-refractivity contribution in [2.24, 2.45) is 0 Å². The summed E-state index contributed by atoms with van der Waals surface area (Å²) in [5.74, 6) is 0. The highest BCUT2D eigenvalue weighted by molar-refractivity contribution is 5.72. The van der Waals surface area contributed by atoms with Gasteiger partial charge in [-0.05, 0) is 80.6 Å². The molecule has 0 bridgehead atoms. The number of hydrogen-bond acceptors (Lipinski definition) is 2. The van der Waals surface area contributed by atoms with Gasteiger partial charge in [0.15, 0.2) is 0 Å². The lowest BCUT2D eigenvalue weighted by Gasteiger charge is -2.27. The van der Waals surface area contributed by atoms with E-state index in [-0.39, 0.29) is 0 Å². The maximum atomic E-state index is 2.35. The lowest BCUT2D eigenvalue weighted by molar-refractivity contribution is 1.08. The molecule has 0 heterocycles. The SMILES string of the molecule is Cc1ccc(N(C2=CC=C(N(c3ccccc3)c3ccc(C)cc3)CC=C2)c2ccccc2)cc1. The summed E-state index contributed by atoms with van der Waals surface area (Å²) in [6.07, 6.45) is 9.81. The molecule has 0 aromatic heterocycles. The maximum Gasteiger partial charge on any atom is 0.0461 e. The summed E-state index contributed by atoms with van der Waals surface area (Å²) < 4.78 is 0. The number of hydrogen-bond donors (Lipinski definition) is 0. The van der Waals surface area contributed by atoms with Crippen LogP contribution in [0.1, 0.15) is 17.5 Å². The van der Waals surface area contributed by atoms with E-state index in [0.717, 1.165) is 34.9 Å². The van der Waals surface area contributed by atoms with Crippen LogP contribution in [0.4, 0.5) is 22.7 Å². The zero-order valence-electron chi connectivity index (χ0n) is 20.3. The van der Waals surface area contributed by atoms with E-state index in [0.29, 0.717) is 0 Å². The second kappa shape index (κ2) is 10.3. The predicted octanol–water partition coefficient (Wildman–Crippen LogP) is 9.01. The molecule has 0 fully saturated rings. The van der Waals surface area contributed by atoms with Crippen LogP contribution in [-0.4, -0.2) is 0 Å². The Balaban J connectivity index is 1.58. The summed E-state index contributed by atoms with van der Waals surface area (Å²) in [5, 5.41) is 0. The van der Waals surface area contributed by atoms with E-state index < -0.39 is 0 Å². The number of anilines is 4. The van der Waals surface area contributed by atoms with E-state index in [1.54, 1.807) is 0 Å². The lowest BCUT2D eigenvalue weighted by Crippen LogP contribution is -2.16. The number of rotatable bonds is 6. The molecule has 0 saturated heterocycles. The quantitative estimate of drug-likeness (QED) is 0.287. The van der Waals surface area contributed by atoms with E-state index in [1.165, 1.54) is 16.8 Å². The Labute approximate surface area is 208 Å². The average molecular weight is 455 g/mol. The number of allylic oxidation sites excluding steroid dienone is 4. The molecule has 1 aliphatic rings. The minimum Gasteiger partial charge on any atom is -0.314 e. The zero-order chi connectivity index (χ0) is 24.0. The van der Waals surface area contributed by atoms with Crippen LogP contribution in [0.3, 0.4) is 0 Å². The zero-order valence-corrected chi connectivity index (χ0v) is 20.3. The first-order valence-electron chi connectivity index (χ1n) is 12.1. The summed E-state index contributed by atoms with van der Waals surface area (Å²) in [6.45, 7) is 4.25. The Morgan fingerprint density at radius 1 is 0.486 bits per heavy atom. The molecular formula is C33H30N2. The van der Waals surface area contributed by atoms with Crippen LogP contribution in [-0.2, 0) is 0 Å². The summed E-state index contributed by atoms with van der Waals surface area (Å²) in [6, 6.07) is 38.6. The van der Waals surface area contributed by atoms with Gasteiger partial charge in [0.25, 0.3) is 0 Å². The summed E-state index contributed by atoms with van der Waals surface area (Å²) in [5.41, 5.74) is 9.48. The molecule has 0 spiro atoms. The van der Waals surface area contributed by atoms with Crippen LogP contribution in [0.2, 0.25) is 0 Å². The highest BCUT2D eigenvalue weighted by Gasteiger charge is 2.17. The van der Waals surface area contributed by atoms with E-state index in [9.17, 15) is 0 Å². The molecule has 4 aromatic rings. The third-order valence-corrected chi connectivity index (χ3v) is 6.22. The molecule has 0 atom stereocenters. The van der Waals surface area contributed by atoms with Gasteiger partial charge in [-0.15, -0.1) is 0 Å². The van der Waals surface area contributed by atoms with Gasteiger partial charge in [0.1, 0.15) is 0 Å². The van der Waals surface area contributed by atoms with Crippen molar-refractivity contribution in [2.45, 2.75) is 20.3 Å². The number of aryl methyl sites for hydroxylation is 2. The Morgan fingerprint density at radius 2 is 0.943 bits per heavy atom. The Hall–Kier alpha value is -4.30. The highest BCUT2D eigenvalue weighted by atomic mass is 15.2. The van der Waals surface area contributed by atoms with Gasteiger partial charge in [-0.2, -0.15) is 0 Å². The van der Waals surface area contributed by atoms with Crippen LogP contribution in [0.15, 0.2) is 145 Å². The summed E-state index contributed by atoms with van der Waals surface area (Å²) in [4.78, 5) is 4.66. The minimum atomic E-state index is 0.833. The maximum absolute atomic E-state index is 2.35. The van der Waals surface area contributed by atoms with Crippen molar-refractivity contribution >= 4 is 22.7 Å². The standard InChI is InChI=1S/C33H30N2/c1-26-16-20-32(21-17-26)34(28-10-5-3-6-11-28)30-14-9-15-31(25-24-30)35(29-12-7-4-8-13-29)33-22-18-27(2)19-23-33/h3-14,16-25H,15H2,1-2H3. The fraction of sp³-hybridized carbons (Fsp3) is 0.0909. The third-order valence-electron chi connectivity index (χ3n) is 6.22. The first-order chi connectivity index (χ1) is 17.2. The smallest absolute Gasteiger partial charge is 0.0461 e. The van der Waals surface area contributed by atoms with E-state index >= 15 is 0 Å². The van der Waals surface area contributed by atoms with Crippen molar-refractivity contribution in [1.82, 2.24) is 0 Å². The molecule has 0 saturated carbocycles. The number of para-hydroxylation sites is 2. The van der Waals surface area contributed by atoms with Gasteiger partial charge in [0.05, 0.1) is 0 Å². The van der Waals surface area contributed by atoms with Crippen LogP contribution >= 0.6 is 0 Å². The van der Waals surface area contributed by atoms with Crippen molar-refractivity contribution < 1.29 is 0 Å². The van der Waals surface area contributed by atoms with Crippen molar-refractivity contribution in [3.05, 3.63) is 156 Å². The number of nitrogens with zero attached hydrogens (tertiary/aromatic N) is 2. The van der Waals surface area contributed by atoms with E-state index in [4.69, 9.17) is 0 Å². The largest absolute Gasteiger partial charge is 0.314 e. The average Bonchev–Trinajstić information content (AvgIpc) is 3.14. The molecule has 0 N–H and O–H groups in total. The van der Waals surface area contributed by atoms with Gasteiger partial charge in [-0.25, -0.2) is 0 Å².